The van der Waals surface area contributed by atoms with Gasteiger partial charge < -0.3 is 9.15 Å². The van der Waals surface area contributed by atoms with Crippen LogP contribution in [0.25, 0.3) is 10.3 Å². The lowest BCUT2D eigenvalue weighted by Gasteiger charge is -2.06. The molecule has 98 valence electrons. The zero-order valence-corrected chi connectivity index (χ0v) is 11.1. The lowest BCUT2D eigenvalue weighted by atomic mass is 10.1. The van der Waals surface area contributed by atoms with E-state index in [0.717, 1.165) is 21.6 Å². The molecule has 0 amide bonds. The van der Waals surface area contributed by atoms with Gasteiger partial charge in [-0.25, -0.2) is 4.79 Å². The zero-order valence-electron chi connectivity index (χ0n) is 10.3. The van der Waals surface area contributed by atoms with E-state index in [4.69, 9.17) is 14.4 Å². The van der Waals surface area contributed by atoms with Crippen LogP contribution in [0.3, 0.4) is 0 Å². The van der Waals surface area contributed by atoms with Crippen LogP contribution in [0.2, 0.25) is 0 Å². The van der Waals surface area contributed by atoms with Crippen LogP contribution in [-0.2, 0) is 6.61 Å². The topological polar surface area (TPSA) is 63.2 Å². The van der Waals surface area contributed by atoms with E-state index in [9.17, 15) is 4.79 Å². The van der Waals surface area contributed by atoms with Crippen LogP contribution < -0.4 is 9.68 Å². The molecule has 4 nitrogen and oxygen atoms in total. The van der Waals surface area contributed by atoms with Gasteiger partial charge in [0.25, 0.3) is 0 Å². The zero-order chi connectivity index (χ0) is 13.9. The second-order valence-electron chi connectivity index (χ2n) is 4.16. The summed E-state index contributed by atoms with van der Waals surface area (Å²) in [7, 11) is 0. The number of nitrogens with zero attached hydrogens (tertiary/aromatic N) is 1. The Kier molecular flexibility index (Phi) is 3.23. The molecule has 1 heterocycles. The van der Waals surface area contributed by atoms with Gasteiger partial charge in [-0.1, -0.05) is 23.5 Å². The smallest absolute Gasteiger partial charge is 0.396 e. The molecule has 0 spiro atoms. The van der Waals surface area contributed by atoms with Gasteiger partial charge in [0.05, 0.1) is 16.3 Å². The molecule has 5 heteroatoms. The van der Waals surface area contributed by atoms with Crippen molar-refractivity contribution in [2.45, 2.75) is 6.61 Å². The lowest BCUT2D eigenvalue weighted by molar-refractivity contribution is 0.306. The third-order valence-corrected chi connectivity index (χ3v) is 3.57. The van der Waals surface area contributed by atoms with Crippen LogP contribution in [0.15, 0.2) is 51.7 Å². The Morgan fingerprint density at radius 3 is 3.00 bits per heavy atom. The normalized spacial score (nSPS) is 10.3. The molecule has 1 aromatic heterocycles. The molecule has 0 N–H and O–H groups in total. The molecule has 3 rings (SSSR count). The minimum Gasteiger partial charge on any atom is -0.489 e. The molecule has 0 atom stereocenters. The molecule has 0 aliphatic carbocycles. The summed E-state index contributed by atoms with van der Waals surface area (Å²) in [6.07, 6.45) is 0. The van der Waals surface area contributed by atoms with E-state index in [1.807, 2.05) is 12.1 Å². The van der Waals surface area contributed by atoms with Gasteiger partial charge in [-0.2, -0.15) is 5.26 Å². The first kappa shape index (κ1) is 12.5. The quantitative estimate of drug-likeness (QED) is 0.739. The van der Waals surface area contributed by atoms with Crippen LogP contribution in [0.4, 0.5) is 0 Å². The fourth-order valence-electron chi connectivity index (χ4n) is 1.84. The van der Waals surface area contributed by atoms with E-state index < -0.39 is 0 Å². The molecule has 0 unspecified atom stereocenters. The maximum atomic E-state index is 11.1. The van der Waals surface area contributed by atoms with Gasteiger partial charge in [0.15, 0.2) is 5.58 Å². The van der Waals surface area contributed by atoms with Crippen molar-refractivity contribution in [2.24, 2.45) is 0 Å². The minimum atomic E-state index is -0.320. The van der Waals surface area contributed by atoms with Crippen LogP contribution >= 0.6 is 11.3 Å². The molecule has 0 saturated heterocycles. The van der Waals surface area contributed by atoms with Crippen LogP contribution in [0.1, 0.15) is 11.1 Å². The van der Waals surface area contributed by atoms with Crippen molar-refractivity contribution < 1.29 is 9.15 Å². The molecule has 20 heavy (non-hydrogen) atoms. The average Bonchev–Trinajstić information content (AvgIpc) is 2.84. The fraction of sp³-hybridized carbons (Fsp3) is 0.0667. The van der Waals surface area contributed by atoms with Crippen LogP contribution in [-0.4, -0.2) is 0 Å². The Labute approximate surface area is 118 Å². The Morgan fingerprint density at radius 2 is 2.15 bits per heavy atom. The summed E-state index contributed by atoms with van der Waals surface area (Å²) in [6, 6.07) is 14.6. The highest BCUT2D eigenvalue weighted by molar-refractivity contribution is 7.16. The first-order chi connectivity index (χ1) is 9.74. The van der Waals surface area contributed by atoms with E-state index in [0.29, 0.717) is 23.5 Å². The first-order valence-electron chi connectivity index (χ1n) is 5.90. The molecule has 0 saturated carbocycles. The number of nitriles is 1. The van der Waals surface area contributed by atoms with Crippen molar-refractivity contribution in [1.82, 2.24) is 0 Å². The summed E-state index contributed by atoms with van der Waals surface area (Å²) in [5.41, 5.74) is 2.05. The molecule has 0 fully saturated rings. The van der Waals surface area contributed by atoms with Crippen molar-refractivity contribution in [2.75, 3.05) is 0 Å². The SMILES string of the molecule is N#Cc1cccc(COc2ccc3sc(=O)oc3c2)c1. The summed E-state index contributed by atoms with van der Waals surface area (Å²) in [5.74, 6) is 0.626. The number of hydrogen-bond donors (Lipinski definition) is 0. The third-order valence-electron chi connectivity index (χ3n) is 2.76. The highest BCUT2D eigenvalue weighted by atomic mass is 32.1. The number of ether oxygens (including phenoxy) is 1. The van der Waals surface area contributed by atoms with Crippen molar-refractivity contribution in [3.05, 3.63) is 63.3 Å². The Morgan fingerprint density at radius 1 is 1.25 bits per heavy atom. The van der Waals surface area contributed by atoms with Crippen LogP contribution in [0, 0.1) is 11.3 Å². The highest BCUT2D eigenvalue weighted by Crippen LogP contribution is 2.23. The van der Waals surface area contributed by atoms with E-state index >= 15 is 0 Å². The molecular weight excluding hydrogens is 274 g/mol. The predicted octanol–water partition coefficient (Wildman–Crippen LogP) is 3.31. The minimum absolute atomic E-state index is 0.320. The summed E-state index contributed by atoms with van der Waals surface area (Å²) in [4.78, 5) is 10.8. The van der Waals surface area contributed by atoms with Crippen LogP contribution in [0.5, 0.6) is 5.75 Å². The average molecular weight is 283 g/mol. The highest BCUT2D eigenvalue weighted by Gasteiger charge is 2.04. The van der Waals surface area contributed by atoms with Gasteiger partial charge >= 0.3 is 4.94 Å². The fourth-order valence-corrected chi connectivity index (χ4v) is 2.49. The summed E-state index contributed by atoms with van der Waals surface area (Å²) < 4.78 is 11.5. The van der Waals surface area contributed by atoms with E-state index in [-0.39, 0.29) is 4.94 Å². The molecular formula is C15H9NO3S. The van der Waals surface area contributed by atoms with Gasteiger partial charge in [-0.05, 0) is 29.8 Å². The lowest BCUT2D eigenvalue weighted by Crippen LogP contribution is -1.95. The first-order valence-corrected chi connectivity index (χ1v) is 6.72. The van der Waals surface area contributed by atoms with Gasteiger partial charge in [0.2, 0.25) is 0 Å². The molecule has 0 aliphatic rings. The molecule has 0 radical (unpaired) electrons. The third kappa shape index (κ3) is 2.56. The van der Waals surface area contributed by atoms with E-state index in [2.05, 4.69) is 6.07 Å². The number of rotatable bonds is 3. The second-order valence-corrected chi connectivity index (χ2v) is 5.14. The molecule has 0 aliphatic heterocycles. The molecule has 2 aromatic carbocycles. The van der Waals surface area contributed by atoms with E-state index in [1.165, 1.54) is 0 Å². The van der Waals surface area contributed by atoms with Crippen molar-refractivity contribution in [1.29, 1.82) is 5.26 Å². The number of fused-ring (bicyclic) bond motifs is 1. The number of hydrogen-bond acceptors (Lipinski definition) is 5. The monoisotopic (exact) mass is 283 g/mol. The Balaban J connectivity index is 1.79. The van der Waals surface area contributed by atoms with Crippen molar-refractivity contribution in [3.63, 3.8) is 0 Å². The van der Waals surface area contributed by atoms with Crippen molar-refractivity contribution in [3.8, 4) is 11.8 Å². The number of benzene rings is 2. The molecule has 3 aromatic rings. The predicted molar refractivity (Wildman–Crippen MR) is 75.9 cm³/mol. The van der Waals surface area contributed by atoms with E-state index in [1.54, 1.807) is 30.3 Å². The van der Waals surface area contributed by atoms with Gasteiger partial charge in [-0.3, -0.25) is 0 Å². The Hall–Kier alpha value is -2.58. The summed E-state index contributed by atoms with van der Waals surface area (Å²) >= 11 is 1.07. The Bertz CT molecular complexity index is 857. The maximum absolute atomic E-state index is 11.1. The van der Waals surface area contributed by atoms with Crippen molar-refractivity contribution >= 4 is 21.6 Å². The summed E-state index contributed by atoms with van der Waals surface area (Å²) in [6.45, 7) is 0.357. The summed E-state index contributed by atoms with van der Waals surface area (Å²) in [5, 5.41) is 8.84. The van der Waals surface area contributed by atoms with Gasteiger partial charge in [0, 0.05) is 6.07 Å². The second kappa shape index (κ2) is 5.19. The van der Waals surface area contributed by atoms with Gasteiger partial charge in [-0.15, -0.1) is 0 Å². The maximum Gasteiger partial charge on any atom is 0.396 e. The molecule has 0 bridgehead atoms. The standard InChI is InChI=1S/C15H9NO3S/c16-8-10-2-1-3-11(6-10)9-18-12-4-5-14-13(7-12)19-15(17)20-14/h1-7H,9H2. The largest absolute Gasteiger partial charge is 0.489 e. The van der Waals surface area contributed by atoms with Gasteiger partial charge in [0.1, 0.15) is 12.4 Å².